The molecule has 0 radical (unpaired) electrons. The van der Waals surface area contributed by atoms with Crippen LogP contribution >= 0.6 is 0 Å². The maximum Gasteiger partial charge on any atom is 0.274 e. The zero-order valence-corrected chi connectivity index (χ0v) is 22.5. The Bertz CT molecular complexity index is 1590. The molecule has 5 aromatic rings. The van der Waals surface area contributed by atoms with Gasteiger partial charge >= 0.3 is 0 Å². The minimum atomic E-state index is -0.253. The zero-order valence-electron chi connectivity index (χ0n) is 22.5. The lowest BCUT2D eigenvalue weighted by Gasteiger charge is -2.34. The highest BCUT2D eigenvalue weighted by Crippen LogP contribution is 2.29. The van der Waals surface area contributed by atoms with Crippen molar-refractivity contribution in [1.82, 2.24) is 19.9 Å². The van der Waals surface area contributed by atoms with Crippen molar-refractivity contribution in [2.24, 2.45) is 0 Å². The fourth-order valence-corrected chi connectivity index (χ4v) is 5.12. The molecule has 0 bridgehead atoms. The van der Waals surface area contributed by atoms with Crippen molar-refractivity contribution in [1.29, 1.82) is 0 Å². The molecule has 1 fully saturated rings. The zero-order chi connectivity index (χ0) is 27.3. The number of hydrogen-bond donors (Lipinski definition) is 2. The Morgan fingerprint density at radius 3 is 2.48 bits per heavy atom. The third-order valence-electron chi connectivity index (χ3n) is 7.41. The molecule has 0 saturated carbocycles. The van der Waals surface area contributed by atoms with Gasteiger partial charge in [-0.2, -0.15) is 5.10 Å². The number of aromatic nitrogens is 3. The first-order valence-electron chi connectivity index (χ1n) is 13.6. The van der Waals surface area contributed by atoms with Gasteiger partial charge in [-0.15, -0.1) is 0 Å². The predicted molar refractivity (Wildman–Crippen MR) is 158 cm³/mol. The van der Waals surface area contributed by atoms with Crippen LogP contribution in [0, 0.1) is 0 Å². The van der Waals surface area contributed by atoms with Crippen molar-refractivity contribution >= 4 is 22.9 Å². The van der Waals surface area contributed by atoms with Gasteiger partial charge in [-0.1, -0.05) is 54.6 Å². The molecule has 8 heteroatoms. The summed E-state index contributed by atoms with van der Waals surface area (Å²) in [6.07, 6.45) is 5.68. The molecule has 1 amide bonds. The van der Waals surface area contributed by atoms with Crippen LogP contribution in [-0.2, 0) is 6.61 Å². The Balaban J connectivity index is 1.18. The number of amides is 1. The van der Waals surface area contributed by atoms with E-state index < -0.39 is 0 Å². The molecule has 2 aromatic heterocycles. The van der Waals surface area contributed by atoms with E-state index in [9.17, 15) is 4.79 Å². The van der Waals surface area contributed by atoms with Crippen LogP contribution in [0.3, 0.4) is 0 Å². The third kappa shape index (κ3) is 5.53. The quantitative estimate of drug-likeness (QED) is 0.278. The van der Waals surface area contributed by atoms with Crippen LogP contribution in [0.15, 0.2) is 97.3 Å². The number of ether oxygens (including phenoxy) is 1. The third-order valence-corrected chi connectivity index (χ3v) is 7.41. The van der Waals surface area contributed by atoms with Crippen molar-refractivity contribution in [2.75, 3.05) is 30.4 Å². The smallest absolute Gasteiger partial charge is 0.274 e. The van der Waals surface area contributed by atoms with E-state index in [0.29, 0.717) is 24.0 Å². The number of anilines is 2. The molecule has 0 aliphatic carbocycles. The van der Waals surface area contributed by atoms with Crippen molar-refractivity contribution in [3.63, 3.8) is 0 Å². The Hall–Kier alpha value is -4.69. The van der Waals surface area contributed by atoms with Crippen LogP contribution in [0.5, 0.6) is 5.75 Å². The van der Waals surface area contributed by atoms with Gasteiger partial charge in [0.1, 0.15) is 18.1 Å². The second-order valence-corrected chi connectivity index (χ2v) is 9.96. The Labute approximate surface area is 233 Å². The second kappa shape index (κ2) is 11.6. The van der Waals surface area contributed by atoms with Crippen LogP contribution in [-0.4, -0.2) is 46.7 Å². The molecule has 1 aliphatic rings. The first-order valence-corrected chi connectivity index (χ1v) is 13.6. The molecule has 1 saturated heterocycles. The average molecular weight is 533 g/mol. The van der Waals surface area contributed by atoms with Gasteiger partial charge in [-0.05, 0) is 61.3 Å². The number of nitrogens with zero attached hydrogens (tertiary/aromatic N) is 4. The topological polar surface area (TPSA) is 83.8 Å². The number of nitrogens with one attached hydrogen (secondary N) is 2. The molecule has 0 spiro atoms. The normalized spacial score (nSPS) is 13.9. The molecule has 3 heterocycles. The first kappa shape index (κ1) is 25.6. The highest BCUT2D eigenvalue weighted by atomic mass is 16.5. The van der Waals surface area contributed by atoms with Crippen molar-refractivity contribution < 1.29 is 9.53 Å². The van der Waals surface area contributed by atoms with E-state index in [-0.39, 0.29) is 5.91 Å². The maximum atomic E-state index is 13.3. The molecule has 1 aliphatic heterocycles. The SMILES string of the molecule is CNC1CCN(c2ccccc2NC(=O)c2ccn3ncc(-c4ccc(OCc5ccccc5)cc4)c3n2)CC1. The predicted octanol–water partition coefficient (Wildman–Crippen LogP) is 5.42. The van der Waals surface area contributed by atoms with Gasteiger partial charge in [0.15, 0.2) is 5.65 Å². The van der Waals surface area contributed by atoms with Crippen molar-refractivity contribution in [3.05, 3.63) is 109 Å². The lowest BCUT2D eigenvalue weighted by Crippen LogP contribution is -2.41. The molecule has 6 rings (SSSR count). The van der Waals surface area contributed by atoms with Gasteiger partial charge in [-0.25, -0.2) is 9.50 Å². The van der Waals surface area contributed by atoms with E-state index in [1.807, 2.05) is 79.8 Å². The Morgan fingerprint density at radius 2 is 1.70 bits per heavy atom. The number of para-hydroxylation sites is 2. The molecule has 8 nitrogen and oxygen atoms in total. The number of benzene rings is 3. The minimum Gasteiger partial charge on any atom is -0.489 e. The number of rotatable bonds is 8. The van der Waals surface area contributed by atoms with Gasteiger partial charge in [0.2, 0.25) is 0 Å². The number of carbonyl (C=O) groups is 1. The molecule has 3 aromatic carbocycles. The van der Waals surface area contributed by atoms with Gasteiger partial charge in [0.25, 0.3) is 5.91 Å². The largest absolute Gasteiger partial charge is 0.489 e. The molecule has 0 unspecified atom stereocenters. The Morgan fingerprint density at radius 1 is 0.950 bits per heavy atom. The molecule has 2 N–H and O–H groups in total. The van der Waals surface area contributed by atoms with Crippen LogP contribution in [0.25, 0.3) is 16.8 Å². The number of carbonyl (C=O) groups excluding carboxylic acids is 1. The van der Waals surface area contributed by atoms with E-state index in [2.05, 4.69) is 26.7 Å². The molecule has 202 valence electrons. The van der Waals surface area contributed by atoms with Crippen molar-refractivity contribution in [2.45, 2.75) is 25.5 Å². The van der Waals surface area contributed by atoms with Crippen molar-refractivity contribution in [3.8, 4) is 16.9 Å². The summed E-state index contributed by atoms with van der Waals surface area (Å²) in [5.41, 5.74) is 5.68. The fourth-order valence-electron chi connectivity index (χ4n) is 5.12. The van der Waals surface area contributed by atoms with E-state index in [1.165, 1.54) is 0 Å². The lowest BCUT2D eigenvalue weighted by molar-refractivity contribution is 0.102. The minimum absolute atomic E-state index is 0.253. The second-order valence-electron chi connectivity index (χ2n) is 9.96. The number of piperidine rings is 1. The molecule has 0 atom stereocenters. The summed E-state index contributed by atoms with van der Waals surface area (Å²) < 4.78 is 7.61. The number of hydrogen-bond acceptors (Lipinski definition) is 6. The summed E-state index contributed by atoms with van der Waals surface area (Å²) in [5, 5.41) is 10.9. The van der Waals surface area contributed by atoms with E-state index in [4.69, 9.17) is 9.72 Å². The highest BCUT2D eigenvalue weighted by Gasteiger charge is 2.21. The lowest BCUT2D eigenvalue weighted by atomic mass is 10.0. The summed E-state index contributed by atoms with van der Waals surface area (Å²) in [4.78, 5) is 20.4. The summed E-state index contributed by atoms with van der Waals surface area (Å²) in [7, 11) is 2.01. The van der Waals surface area contributed by atoms with Crippen LogP contribution in [0.2, 0.25) is 0 Å². The van der Waals surface area contributed by atoms with E-state index in [1.54, 1.807) is 23.0 Å². The van der Waals surface area contributed by atoms with Crippen LogP contribution in [0.1, 0.15) is 28.9 Å². The summed E-state index contributed by atoms with van der Waals surface area (Å²) in [6, 6.07) is 28.1. The molecular weight excluding hydrogens is 500 g/mol. The summed E-state index contributed by atoms with van der Waals surface area (Å²) >= 11 is 0. The first-order chi connectivity index (χ1) is 19.7. The molecular formula is C32H32N6O2. The fraction of sp³-hybridized carbons (Fsp3) is 0.219. The van der Waals surface area contributed by atoms with E-state index >= 15 is 0 Å². The van der Waals surface area contributed by atoms with Gasteiger partial charge < -0.3 is 20.3 Å². The number of fused-ring (bicyclic) bond motifs is 1. The van der Waals surface area contributed by atoms with Crippen LogP contribution < -0.4 is 20.3 Å². The standard InChI is InChI=1S/C32H32N6O2/c1-33-25-15-18-37(19-16-25)30-10-6-5-9-28(30)36-32(39)29-17-20-38-31(35-29)27(21-34-38)24-11-13-26(14-12-24)40-22-23-7-3-2-4-8-23/h2-14,17,20-21,25,33H,15-16,18-19,22H2,1H3,(H,36,39). The van der Waals surface area contributed by atoms with Gasteiger partial charge in [0, 0.05) is 30.9 Å². The Kier molecular flexibility index (Phi) is 7.41. The average Bonchev–Trinajstić information content (AvgIpc) is 3.44. The summed E-state index contributed by atoms with van der Waals surface area (Å²) in [6.45, 7) is 2.39. The van der Waals surface area contributed by atoms with E-state index in [0.717, 1.165) is 59.7 Å². The van der Waals surface area contributed by atoms with Crippen LogP contribution in [0.4, 0.5) is 11.4 Å². The van der Waals surface area contributed by atoms with Gasteiger partial charge in [0.05, 0.1) is 17.6 Å². The summed E-state index contributed by atoms with van der Waals surface area (Å²) in [5.74, 6) is 0.530. The maximum absolute atomic E-state index is 13.3. The van der Waals surface area contributed by atoms with Gasteiger partial charge in [-0.3, -0.25) is 4.79 Å². The molecule has 40 heavy (non-hydrogen) atoms. The highest BCUT2D eigenvalue weighted by molar-refractivity contribution is 6.05. The monoisotopic (exact) mass is 532 g/mol.